The van der Waals surface area contributed by atoms with Crippen LogP contribution in [0, 0.1) is 22.0 Å². The molecule has 8 heteroatoms. The van der Waals surface area contributed by atoms with Crippen LogP contribution in [-0.2, 0) is 4.79 Å². The normalized spacial score (nSPS) is 16.0. The molecule has 0 spiro atoms. The number of nitro groups is 1. The van der Waals surface area contributed by atoms with Gasteiger partial charge in [0.25, 0.3) is 5.69 Å². The second-order valence-electron chi connectivity index (χ2n) is 6.97. The molecule has 1 heterocycles. The highest BCUT2D eigenvalue weighted by Gasteiger charge is 2.29. The molecule has 3 rings (SSSR count). The van der Waals surface area contributed by atoms with E-state index in [2.05, 4.69) is 15.5 Å². The first kappa shape index (κ1) is 18.0. The summed E-state index contributed by atoms with van der Waals surface area (Å²) in [6.45, 7) is 3.96. The molecule has 26 heavy (non-hydrogen) atoms. The molecule has 1 saturated carbocycles. The molecule has 138 valence electrons. The fourth-order valence-electron chi connectivity index (χ4n) is 3.18. The van der Waals surface area contributed by atoms with Crippen molar-refractivity contribution in [2.24, 2.45) is 11.8 Å². The predicted octanol–water partition coefficient (Wildman–Crippen LogP) is 3.65. The molecule has 1 aliphatic carbocycles. The lowest BCUT2D eigenvalue weighted by atomic mass is 10.0. The maximum absolute atomic E-state index is 12.4. The minimum absolute atomic E-state index is 0.00125. The zero-order valence-corrected chi connectivity index (χ0v) is 14.8. The number of hydrogen-bond donors (Lipinski definition) is 1. The van der Waals surface area contributed by atoms with Gasteiger partial charge < -0.3 is 9.84 Å². The van der Waals surface area contributed by atoms with Crippen molar-refractivity contribution in [2.75, 3.05) is 0 Å². The Morgan fingerprint density at radius 3 is 2.50 bits per heavy atom. The van der Waals surface area contributed by atoms with E-state index in [1.807, 2.05) is 13.8 Å². The van der Waals surface area contributed by atoms with Crippen molar-refractivity contribution in [3.05, 3.63) is 40.3 Å². The van der Waals surface area contributed by atoms with Crippen molar-refractivity contribution in [1.29, 1.82) is 0 Å². The number of nitrogens with zero attached hydrogens (tertiary/aromatic N) is 3. The molecule has 0 unspecified atom stereocenters. The van der Waals surface area contributed by atoms with Gasteiger partial charge >= 0.3 is 0 Å². The first-order valence-electron chi connectivity index (χ1n) is 8.84. The lowest BCUT2D eigenvalue weighted by molar-refractivity contribution is -0.384. The lowest BCUT2D eigenvalue weighted by Gasteiger charge is -2.20. The highest BCUT2D eigenvalue weighted by atomic mass is 16.6. The van der Waals surface area contributed by atoms with Gasteiger partial charge in [-0.3, -0.25) is 14.9 Å². The zero-order valence-electron chi connectivity index (χ0n) is 14.8. The Kier molecular flexibility index (Phi) is 5.29. The van der Waals surface area contributed by atoms with E-state index in [1.165, 1.54) is 12.1 Å². The third kappa shape index (κ3) is 3.89. The van der Waals surface area contributed by atoms with Crippen molar-refractivity contribution in [1.82, 2.24) is 15.5 Å². The van der Waals surface area contributed by atoms with E-state index >= 15 is 0 Å². The number of amides is 1. The largest absolute Gasteiger partial charge is 0.344 e. The number of benzene rings is 1. The van der Waals surface area contributed by atoms with E-state index in [0.717, 1.165) is 25.7 Å². The maximum atomic E-state index is 12.4. The monoisotopic (exact) mass is 358 g/mol. The molecule has 1 aromatic heterocycles. The van der Waals surface area contributed by atoms with Crippen LogP contribution in [0.1, 0.15) is 51.5 Å². The third-order valence-electron chi connectivity index (χ3n) is 4.73. The first-order chi connectivity index (χ1) is 12.5. The van der Waals surface area contributed by atoms with Gasteiger partial charge in [0.1, 0.15) is 6.04 Å². The van der Waals surface area contributed by atoms with Crippen LogP contribution >= 0.6 is 0 Å². The van der Waals surface area contributed by atoms with E-state index in [1.54, 1.807) is 12.1 Å². The molecule has 1 amide bonds. The molecular formula is C18H22N4O4. The van der Waals surface area contributed by atoms with Gasteiger partial charge in [0.05, 0.1) is 4.92 Å². The highest BCUT2D eigenvalue weighted by Crippen LogP contribution is 2.28. The van der Waals surface area contributed by atoms with Gasteiger partial charge in [-0.15, -0.1) is 0 Å². The van der Waals surface area contributed by atoms with E-state index in [0.29, 0.717) is 17.3 Å². The molecular weight excluding hydrogens is 336 g/mol. The molecule has 1 atom stereocenters. The van der Waals surface area contributed by atoms with Crippen LogP contribution in [0.15, 0.2) is 28.8 Å². The molecule has 1 N–H and O–H groups in total. The molecule has 0 aliphatic heterocycles. The average molecular weight is 358 g/mol. The van der Waals surface area contributed by atoms with Crippen LogP contribution in [-0.4, -0.2) is 21.0 Å². The molecule has 0 saturated heterocycles. The number of carbonyl (C=O) groups excluding carboxylic acids is 1. The summed E-state index contributed by atoms with van der Waals surface area (Å²) in [4.78, 5) is 27.1. The van der Waals surface area contributed by atoms with Crippen molar-refractivity contribution >= 4 is 11.6 Å². The second-order valence-corrected chi connectivity index (χ2v) is 6.97. The quantitative estimate of drug-likeness (QED) is 0.623. The maximum Gasteiger partial charge on any atom is 0.269 e. The van der Waals surface area contributed by atoms with Crippen LogP contribution in [0.2, 0.25) is 0 Å². The van der Waals surface area contributed by atoms with Crippen LogP contribution in [0.5, 0.6) is 0 Å². The molecule has 8 nitrogen and oxygen atoms in total. The van der Waals surface area contributed by atoms with Crippen molar-refractivity contribution in [3.63, 3.8) is 0 Å². The van der Waals surface area contributed by atoms with Crippen LogP contribution < -0.4 is 5.32 Å². The molecule has 1 aliphatic rings. The van der Waals surface area contributed by atoms with Crippen molar-refractivity contribution in [2.45, 2.75) is 45.6 Å². The Balaban J connectivity index is 1.76. The topological polar surface area (TPSA) is 111 Å². The van der Waals surface area contributed by atoms with Crippen LogP contribution in [0.25, 0.3) is 11.4 Å². The SMILES string of the molecule is CC(C)[C@@H](NC(=O)C1CCCC1)c1nc(-c2ccc([N+](=O)[O-])cc2)no1. The minimum atomic E-state index is -0.460. The fraction of sp³-hybridized carbons (Fsp3) is 0.500. The van der Waals surface area contributed by atoms with Gasteiger partial charge in [-0.05, 0) is 30.9 Å². The van der Waals surface area contributed by atoms with E-state index < -0.39 is 4.92 Å². The van der Waals surface area contributed by atoms with Gasteiger partial charge in [-0.1, -0.05) is 31.8 Å². The number of carbonyl (C=O) groups is 1. The summed E-state index contributed by atoms with van der Waals surface area (Å²) in [6.07, 6.45) is 4.04. The number of non-ortho nitro benzene ring substituents is 1. The van der Waals surface area contributed by atoms with Gasteiger partial charge in [-0.2, -0.15) is 4.98 Å². The van der Waals surface area contributed by atoms with Gasteiger partial charge in [0.15, 0.2) is 0 Å². The summed E-state index contributed by atoms with van der Waals surface area (Å²) in [7, 11) is 0. The van der Waals surface area contributed by atoms with Crippen molar-refractivity contribution < 1.29 is 14.2 Å². The predicted molar refractivity (Wildman–Crippen MR) is 94.1 cm³/mol. The van der Waals surface area contributed by atoms with E-state index in [9.17, 15) is 14.9 Å². The Labute approximate surface area is 151 Å². The summed E-state index contributed by atoms with van der Waals surface area (Å²) in [5, 5.41) is 17.7. The van der Waals surface area contributed by atoms with E-state index in [-0.39, 0.29) is 29.5 Å². The van der Waals surface area contributed by atoms with Crippen LogP contribution in [0.4, 0.5) is 5.69 Å². The molecule has 1 aromatic carbocycles. The van der Waals surface area contributed by atoms with Crippen LogP contribution in [0.3, 0.4) is 0 Å². The van der Waals surface area contributed by atoms with Crippen molar-refractivity contribution in [3.8, 4) is 11.4 Å². The van der Waals surface area contributed by atoms with E-state index in [4.69, 9.17) is 4.52 Å². The zero-order chi connectivity index (χ0) is 18.7. The number of nitrogens with one attached hydrogen (secondary N) is 1. The summed E-state index contributed by atoms with van der Waals surface area (Å²) in [6, 6.07) is 5.59. The second kappa shape index (κ2) is 7.63. The smallest absolute Gasteiger partial charge is 0.269 e. The summed E-state index contributed by atoms with van der Waals surface area (Å²) < 4.78 is 5.37. The number of aromatic nitrogens is 2. The highest BCUT2D eigenvalue weighted by molar-refractivity contribution is 5.79. The Morgan fingerprint density at radius 2 is 1.92 bits per heavy atom. The van der Waals surface area contributed by atoms with Gasteiger partial charge in [-0.25, -0.2) is 0 Å². The lowest BCUT2D eigenvalue weighted by Crippen LogP contribution is -2.35. The Hall–Kier alpha value is -2.77. The Morgan fingerprint density at radius 1 is 1.27 bits per heavy atom. The molecule has 2 aromatic rings. The number of rotatable bonds is 6. The molecule has 1 fully saturated rings. The summed E-state index contributed by atoms with van der Waals surface area (Å²) in [5.74, 6) is 0.880. The molecule has 0 bridgehead atoms. The van der Waals surface area contributed by atoms with Gasteiger partial charge in [0, 0.05) is 23.6 Å². The van der Waals surface area contributed by atoms with Gasteiger partial charge in [0.2, 0.25) is 17.6 Å². The Bertz CT molecular complexity index is 779. The third-order valence-corrected chi connectivity index (χ3v) is 4.73. The number of hydrogen-bond acceptors (Lipinski definition) is 6. The standard InChI is InChI=1S/C18H22N4O4/c1-11(2)15(19-17(23)13-5-3-4-6-13)18-20-16(21-26-18)12-7-9-14(10-8-12)22(24)25/h7-11,13,15H,3-6H2,1-2H3,(H,19,23)/t15-/m1/s1. The minimum Gasteiger partial charge on any atom is -0.344 e. The molecule has 0 radical (unpaired) electrons. The summed E-state index contributed by atoms with van der Waals surface area (Å²) in [5.41, 5.74) is 0.622. The average Bonchev–Trinajstić information content (AvgIpc) is 3.31. The number of nitro benzene ring substituents is 1. The first-order valence-corrected chi connectivity index (χ1v) is 8.84. The fourth-order valence-corrected chi connectivity index (χ4v) is 3.18. The summed E-state index contributed by atoms with van der Waals surface area (Å²) >= 11 is 0.